The van der Waals surface area contributed by atoms with Gasteiger partial charge < -0.3 is 11.1 Å². The van der Waals surface area contributed by atoms with Crippen molar-refractivity contribution in [2.75, 3.05) is 11.1 Å². The van der Waals surface area contributed by atoms with E-state index in [4.69, 9.17) is 5.73 Å². The first kappa shape index (κ1) is 14.3. The molecule has 0 spiro atoms. The van der Waals surface area contributed by atoms with Crippen LogP contribution in [0, 0.1) is 13.7 Å². The Morgan fingerprint density at radius 2 is 1.95 bits per heavy atom. The summed E-state index contributed by atoms with van der Waals surface area (Å²) in [6, 6.07) is 11.3. The van der Waals surface area contributed by atoms with Gasteiger partial charge in [0.25, 0.3) is 11.6 Å². The molecule has 3 N–H and O–H groups in total. The van der Waals surface area contributed by atoms with Crippen LogP contribution in [0.2, 0.25) is 0 Å². The van der Waals surface area contributed by atoms with E-state index in [1.807, 2.05) is 6.07 Å². The molecule has 2 aromatic carbocycles. The second-order valence-corrected chi connectivity index (χ2v) is 5.21. The Balaban J connectivity index is 2.30. The number of para-hydroxylation sites is 1. The number of nitrogens with one attached hydrogen (secondary N) is 1. The average Bonchev–Trinajstić information content (AvgIpc) is 2.38. The van der Waals surface area contributed by atoms with Crippen molar-refractivity contribution in [2.24, 2.45) is 0 Å². The Morgan fingerprint density at radius 1 is 1.25 bits per heavy atom. The lowest BCUT2D eigenvalue weighted by atomic mass is 10.1. The van der Waals surface area contributed by atoms with E-state index < -0.39 is 10.8 Å². The number of rotatable bonds is 3. The van der Waals surface area contributed by atoms with Crippen LogP contribution in [-0.4, -0.2) is 10.8 Å². The third kappa shape index (κ3) is 3.05. The van der Waals surface area contributed by atoms with Gasteiger partial charge in [-0.25, -0.2) is 0 Å². The van der Waals surface area contributed by atoms with Gasteiger partial charge in [0.2, 0.25) is 0 Å². The van der Waals surface area contributed by atoms with Crippen molar-refractivity contribution in [3.05, 3.63) is 61.7 Å². The predicted molar refractivity (Wildman–Crippen MR) is 84.6 cm³/mol. The van der Waals surface area contributed by atoms with Crippen LogP contribution in [0.4, 0.5) is 17.1 Å². The lowest BCUT2D eigenvalue weighted by molar-refractivity contribution is -0.383. The fourth-order valence-corrected chi connectivity index (χ4v) is 2.22. The first-order valence-electron chi connectivity index (χ1n) is 5.59. The summed E-state index contributed by atoms with van der Waals surface area (Å²) < 4.78 is 0.965. The number of amides is 1. The highest BCUT2D eigenvalue weighted by molar-refractivity contribution is 14.1. The lowest BCUT2D eigenvalue weighted by Crippen LogP contribution is -2.14. The molecule has 2 rings (SSSR count). The molecule has 1 amide bonds. The maximum atomic E-state index is 12.1. The van der Waals surface area contributed by atoms with Gasteiger partial charge in [0.1, 0.15) is 5.69 Å². The minimum Gasteiger partial charge on any atom is -0.393 e. The number of nitrogens with two attached hydrogens (primary N) is 1. The molecular formula is C13H10IN3O3. The summed E-state index contributed by atoms with van der Waals surface area (Å²) in [4.78, 5) is 22.3. The first-order chi connectivity index (χ1) is 9.49. The van der Waals surface area contributed by atoms with Crippen LogP contribution in [0.1, 0.15) is 10.4 Å². The molecule has 102 valence electrons. The monoisotopic (exact) mass is 383 g/mol. The maximum Gasteiger partial charge on any atom is 0.292 e. The molecule has 0 bridgehead atoms. The maximum absolute atomic E-state index is 12.1. The summed E-state index contributed by atoms with van der Waals surface area (Å²) in [7, 11) is 0. The Hall–Kier alpha value is -2.16. The number of halogens is 1. The number of nitrogens with zero attached hydrogens (tertiary/aromatic N) is 1. The molecule has 0 fully saturated rings. The quantitative estimate of drug-likeness (QED) is 0.368. The van der Waals surface area contributed by atoms with E-state index in [9.17, 15) is 14.9 Å². The molecule has 0 aromatic heterocycles. The van der Waals surface area contributed by atoms with Crippen LogP contribution in [0.3, 0.4) is 0 Å². The average molecular weight is 383 g/mol. The SMILES string of the molecule is Nc1c(C(=O)Nc2cccc(I)c2)cccc1[N+](=O)[O-]. The van der Waals surface area contributed by atoms with Gasteiger partial charge in [0, 0.05) is 15.3 Å². The molecule has 0 radical (unpaired) electrons. The van der Waals surface area contributed by atoms with Gasteiger partial charge in [0.05, 0.1) is 10.5 Å². The molecule has 2 aromatic rings. The number of hydrogen-bond donors (Lipinski definition) is 2. The molecule has 0 aliphatic heterocycles. The molecule has 20 heavy (non-hydrogen) atoms. The summed E-state index contributed by atoms with van der Waals surface area (Å²) in [6.45, 7) is 0. The zero-order valence-electron chi connectivity index (χ0n) is 10.2. The standard InChI is InChI=1S/C13H10IN3O3/c14-8-3-1-4-9(7-8)16-13(18)10-5-2-6-11(12(10)15)17(19)20/h1-7H,15H2,(H,16,18). The molecule has 0 saturated heterocycles. The van der Waals surface area contributed by atoms with E-state index in [0.29, 0.717) is 5.69 Å². The molecule has 0 heterocycles. The van der Waals surface area contributed by atoms with Crippen molar-refractivity contribution in [1.29, 1.82) is 0 Å². The van der Waals surface area contributed by atoms with E-state index in [2.05, 4.69) is 27.9 Å². The van der Waals surface area contributed by atoms with Crippen LogP contribution < -0.4 is 11.1 Å². The number of carbonyl (C=O) groups excluding carboxylic acids is 1. The first-order valence-corrected chi connectivity index (χ1v) is 6.66. The topological polar surface area (TPSA) is 98.3 Å². The number of nitrogen functional groups attached to an aromatic ring is 1. The van der Waals surface area contributed by atoms with Gasteiger partial charge in [-0.1, -0.05) is 12.1 Å². The lowest BCUT2D eigenvalue weighted by Gasteiger charge is -2.08. The normalized spacial score (nSPS) is 10.1. The number of hydrogen-bond acceptors (Lipinski definition) is 4. The zero-order chi connectivity index (χ0) is 14.7. The minimum atomic E-state index is -0.614. The zero-order valence-corrected chi connectivity index (χ0v) is 12.3. The number of nitro benzene ring substituents is 1. The van der Waals surface area contributed by atoms with Gasteiger partial charge in [-0.15, -0.1) is 0 Å². The molecule has 0 atom stereocenters. The second kappa shape index (κ2) is 5.87. The minimum absolute atomic E-state index is 0.0815. The Labute approximate surface area is 128 Å². The third-order valence-corrected chi connectivity index (χ3v) is 3.28. The fraction of sp³-hybridized carbons (Fsp3) is 0. The van der Waals surface area contributed by atoms with Crippen LogP contribution in [0.25, 0.3) is 0 Å². The molecule has 0 aliphatic carbocycles. The Bertz CT molecular complexity index is 688. The van der Waals surface area contributed by atoms with Gasteiger partial charge in [-0.2, -0.15) is 0 Å². The number of carbonyl (C=O) groups is 1. The highest BCUT2D eigenvalue weighted by Crippen LogP contribution is 2.25. The van der Waals surface area contributed by atoms with Crippen LogP contribution in [0.15, 0.2) is 42.5 Å². The smallest absolute Gasteiger partial charge is 0.292 e. The van der Waals surface area contributed by atoms with Crippen molar-refractivity contribution < 1.29 is 9.72 Å². The Morgan fingerprint density at radius 3 is 2.60 bits per heavy atom. The summed E-state index contributed by atoms with van der Waals surface area (Å²) >= 11 is 2.12. The summed E-state index contributed by atoms with van der Waals surface area (Å²) in [5.41, 5.74) is 5.93. The van der Waals surface area contributed by atoms with Crippen molar-refractivity contribution in [3.8, 4) is 0 Å². The van der Waals surface area contributed by atoms with Crippen LogP contribution in [0.5, 0.6) is 0 Å². The van der Waals surface area contributed by atoms with Gasteiger partial charge in [-0.05, 0) is 46.9 Å². The summed E-state index contributed by atoms with van der Waals surface area (Å²) in [6.07, 6.45) is 0. The molecular weight excluding hydrogens is 373 g/mol. The van der Waals surface area contributed by atoms with Crippen molar-refractivity contribution in [3.63, 3.8) is 0 Å². The predicted octanol–water partition coefficient (Wildman–Crippen LogP) is 3.03. The van der Waals surface area contributed by atoms with E-state index in [0.717, 1.165) is 3.57 Å². The van der Waals surface area contributed by atoms with Gasteiger partial charge in [-0.3, -0.25) is 14.9 Å². The van der Waals surface area contributed by atoms with E-state index in [-0.39, 0.29) is 16.9 Å². The van der Waals surface area contributed by atoms with Gasteiger partial charge >= 0.3 is 0 Å². The van der Waals surface area contributed by atoms with Crippen LogP contribution >= 0.6 is 22.6 Å². The molecule has 7 heteroatoms. The number of nitro groups is 1. The molecule has 0 aliphatic rings. The van der Waals surface area contributed by atoms with E-state index >= 15 is 0 Å². The highest BCUT2D eigenvalue weighted by atomic mass is 127. The largest absolute Gasteiger partial charge is 0.393 e. The number of benzene rings is 2. The highest BCUT2D eigenvalue weighted by Gasteiger charge is 2.18. The van der Waals surface area contributed by atoms with Crippen molar-refractivity contribution in [2.45, 2.75) is 0 Å². The molecule has 6 nitrogen and oxygen atoms in total. The number of anilines is 2. The van der Waals surface area contributed by atoms with E-state index in [1.165, 1.54) is 18.2 Å². The van der Waals surface area contributed by atoms with Crippen molar-refractivity contribution in [1.82, 2.24) is 0 Å². The third-order valence-electron chi connectivity index (χ3n) is 2.61. The summed E-state index contributed by atoms with van der Waals surface area (Å²) in [5.74, 6) is -0.479. The fourth-order valence-electron chi connectivity index (χ4n) is 1.67. The van der Waals surface area contributed by atoms with E-state index in [1.54, 1.807) is 18.2 Å². The van der Waals surface area contributed by atoms with Gasteiger partial charge in [0.15, 0.2) is 0 Å². The molecule has 0 saturated carbocycles. The molecule has 0 unspecified atom stereocenters. The van der Waals surface area contributed by atoms with Crippen molar-refractivity contribution >= 4 is 45.6 Å². The Kier molecular flexibility index (Phi) is 4.18. The van der Waals surface area contributed by atoms with Crippen LogP contribution in [-0.2, 0) is 0 Å². The summed E-state index contributed by atoms with van der Waals surface area (Å²) in [5, 5.41) is 13.5. The second-order valence-electron chi connectivity index (χ2n) is 3.96.